The van der Waals surface area contributed by atoms with Gasteiger partial charge in [0.05, 0.1) is 0 Å². The van der Waals surface area contributed by atoms with Crippen LogP contribution >= 0.6 is 0 Å². The van der Waals surface area contributed by atoms with Crippen LogP contribution in [-0.2, 0) is 13.1 Å². The van der Waals surface area contributed by atoms with Gasteiger partial charge in [-0.3, -0.25) is 9.25 Å². The highest BCUT2D eigenvalue weighted by atomic mass is 16.4. The van der Waals surface area contributed by atoms with E-state index >= 15 is 0 Å². The summed E-state index contributed by atoms with van der Waals surface area (Å²) in [5.41, 5.74) is 6.62. The molecule has 0 radical (unpaired) electrons. The third-order valence-electron chi connectivity index (χ3n) is 2.85. The molecule has 0 atom stereocenters. The van der Waals surface area contributed by atoms with Gasteiger partial charge in [-0.2, -0.15) is 5.10 Å². The van der Waals surface area contributed by atoms with Crippen LogP contribution in [-0.4, -0.2) is 19.3 Å². The van der Waals surface area contributed by atoms with Gasteiger partial charge < -0.3 is 10.2 Å². The molecule has 0 unspecified atom stereocenters. The highest BCUT2D eigenvalue weighted by Crippen LogP contribution is 2.09. The Morgan fingerprint density at radius 2 is 2.21 bits per heavy atom. The van der Waals surface area contributed by atoms with Crippen molar-refractivity contribution in [3.05, 3.63) is 41.1 Å². The molecule has 0 bridgehead atoms. The summed E-state index contributed by atoms with van der Waals surface area (Å²) >= 11 is 0. The minimum absolute atomic E-state index is 0.381. The van der Waals surface area contributed by atoms with Crippen LogP contribution in [0.4, 0.5) is 5.82 Å². The number of anilines is 1. The van der Waals surface area contributed by atoms with Crippen LogP contribution in [0.1, 0.15) is 6.42 Å². The van der Waals surface area contributed by atoms with Crippen LogP contribution in [0.5, 0.6) is 0 Å². The molecule has 0 saturated heterocycles. The lowest BCUT2D eigenvalue weighted by Crippen LogP contribution is -2.16. The van der Waals surface area contributed by atoms with Gasteiger partial charge in [-0.25, -0.2) is 9.78 Å². The van der Waals surface area contributed by atoms with Gasteiger partial charge in [0.15, 0.2) is 11.2 Å². The van der Waals surface area contributed by atoms with Crippen LogP contribution in [0.2, 0.25) is 0 Å². The molecule has 0 spiro atoms. The second-order valence-electron chi connectivity index (χ2n) is 4.20. The highest BCUT2D eigenvalue weighted by Gasteiger charge is 2.09. The smallest absolute Gasteiger partial charge is 0.406 e. The molecule has 3 aromatic rings. The third kappa shape index (κ3) is 2.22. The SMILES string of the molecule is Nc1ccn(CCCn2c(=O)oc3cccnc32)n1. The van der Waals surface area contributed by atoms with Gasteiger partial charge in [-0.15, -0.1) is 0 Å². The molecule has 3 heterocycles. The molecule has 0 aliphatic carbocycles. The predicted molar refractivity (Wildman–Crippen MR) is 69.5 cm³/mol. The van der Waals surface area contributed by atoms with E-state index in [9.17, 15) is 4.79 Å². The summed E-state index contributed by atoms with van der Waals surface area (Å²) in [6.07, 6.45) is 4.19. The minimum atomic E-state index is -0.381. The number of oxazole rings is 1. The van der Waals surface area contributed by atoms with E-state index in [1.54, 1.807) is 29.1 Å². The molecule has 98 valence electrons. The first kappa shape index (κ1) is 11.5. The van der Waals surface area contributed by atoms with Crippen LogP contribution in [0.15, 0.2) is 39.8 Å². The fraction of sp³-hybridized carbons (Fsp3) is 0.250. The molecule has 3 aromatic heterocycles. The number of fused-ring (bicyclic) bond motifs is 1. The number of nitrogens with zero attached hydrogens (tertiary/aromatic N) is 4. The van der Waals surface area contributed by atoms with Crippen LogP contribution in [0.25, 0.3) is 11.2 Å². The van der Waals surface area contributed by atoms with Crippen molar-refractivity contribution in [1.82, 2.24) is 19.3 Å². The summed E-state index contributed by atoms with van der Waals surface area (Å²) in [5.74, 6) is 0.112. The molecule has 3 rings (SSSR count). The van der Waals surface area contributed by atoms with Crippen LogP contribution < -0.4 is 11.5 Å². The Morgan fingerprint density at radius 3 is 3.00 bits per heavy atom. The fourth-order valence-corrected chi connectivity index (χ4v) is 1.99. The molecule has 7 nitrogen and oxygen atoms in total. The number of rotatable bonds is 4. The average Bonchev–Trinajstić information content (AvgIpc) is 2.94. The van der Waals surface area contributed by atoms with E-state index in [1.165, 1.54) is 4.57 Å². The Morgan fingerprint density at radius 1 is 1.32 bits per heavy atom. The van der Waals surface area contributed by atoms with E-state index < -0.39 is 0 Å². The Bertz CT molecular complexity index is 755. The summed E-state index contributed by atoms with van der Waals surface area (Å²) in [6.45, 7) is 1.21. The number of hydrogen-bond donors (Lipinski definition) is 1. The molecule has 2 N–H and O–H groups in total. The second-order valence-corrected chi connectivity index (χ2v) is 4.20. The number of aromatic nitrogens is 4. The highest BCUT2D eigenvalue weighted by molar-refractivity contribution is 5.67. The van der Waals surface area contributed by atoms with Crippen molar-refractivity contribution in [2.75, 3.05) is 5.73 Å². The molecule has 0 amide bonds. The zero-order valence-corrected chi connectivity index (χ0v) is 10.2. The Labute approximate surface area is 108 Å². The summed E-state index contributed by atoms with van der Waals surface area (Å²) < 4.78 is 8.38. The molecule has 19 heavy (non-hydrogen) atoms. The maximum absolute atomic E-state index is 11.7. The molecule has 0 saturated carbocycles. The van der Waals surface area contributed by atoms with Gasteiger partial charge in [-0.05, 0) is 24.6 Å². The normalized spacial score (nSPS) is 11.2. The lowest BCUT2D eigenvalue weighted by molar-refractivity contribution is 0.473. The van der Waals surface area contributed by atoms with Crippen molar-refractivity contribution >= 4 is 17.0 Å². The lowest BCUT2D eigenvalue weighted by atomic mass is 10.4. The molecule has 7 heteroatoms. The van der Waals surface area contributed by atoms with E-state index in [-0.39, 0.29) is 5.76 Å². The first-order valence-corrected chi connectivity index (χ1v) is 5.97. The van der Waals surface area contributed by atoms with E-state index in [0.717, 1.165) is 6.42 Å². The van der Waals surface area contributed by atoms with Gasteiger partial charge in [-0.1, -0.05) is 0 Å². The maximum atomic E-state index is 11.7. The molecule has 0 aromatic carbocycles. The standard InChI is InChI=1S/C12H13N5O2/c13-10-4-8-16(15-10)6-2-7-17-11-9(19-12(17)18)3-1-5-14-11/h1,3-5,8H,2,6-7H2,(H2,13,15). The number of hydrogen-bond acceptors (Lipinski definition) is 5. The third-order valence-corrected chi connectivity index (χ3v) is 2.85. The average molecular weight is 259 g/mol. The zero-order chi connectivity index (χ0) is 13.2. The predicted octanol–water partition coefficient (Wildman–Crippen LogP) is 0.859. The van der Waals surface area contributed by atoms with Gasteiger partial charge in [0, 0.05) is 25.5 Å². The fourth-order valence-electron chi connectivity index (χ4n) is 1.99. The van der Waals surface area contributed by atoms with Crippen molar-refractivity contribution in [1.29, 1.82) is 0 Å². The summed E-state index contributed by atoms with van der Waals surface area (Å²) in [5, 5.41) is 4.08. The molecular weight excluding hydrogens is 246 g/mol. The van der Waals surface area contributed by atoms with Gasteiger partial charge in [0.25, 0.3) is 0 Å². The molecule has 0 aliphatic heterocycles. The van der Waals surface area contributed by atoms with Gasteiger partial charge in [0.2, 0.25) is 0 Å². The quantitative estimate of drug-likeness (QED) is 0.750. The van der Waals surface area contributed by atoms with Crippen LogP contribution in [0.3, 0.4) is 0 Å². The lowest BCUT2D eigenvalue weighted by Gasteiger charge is -2.02. The summed E-state index contributed by atoms with van der Waals surface area (Å²) in [4.78, 5) is 15.9. The monoisotopic (exact) mass is 259 g/mol. The maximum Gasteiger partial charge on any atom is 0.421 e. The number of aryl methyl sites for hydroxylation is 2. The molecule has 0 fully saturated rings. The number of nitrogen functional groups attached to an aromatic ring is 1. The van der Waals surface area contributed by atoms with Crippen molar-refractivity contribution in [3.63, 3.8) is 0 Å². The first-order valence-electron chi connectivity index (χ1n) is 5.97. The summed E-state index contributed by atoms with van der Waals surface area (Å²) in [6, 6.07) is 5.21. The van der Waals surface area contributed by atoms with E-state index in [2.05, 4.69) is 10.1 Å². The van der Waals surface area contributed by atoms with Crippen LogP contribution in [0, 0.1) is 0 Å². The second kappa shape index (κ2) is 4.60. The van der Waals surface area contributed by atoms with Crippen molar-refractivity contribution in [2.24, 2.45) is 0 Å². The van der Waals surface area contributed by atoms with E-state index in [1.807, 2.05) is 6.20 Å². The summed E-state index contributed by atoms with van der Waals surface area (Å²) in [7, 11) is 0. The Balaban J connectivity index is 1.75. The van der Waals surface area contributed by atoms with Crippen molar-refractivity contribution in [3.8, 4) is 0 Å². The Hall–Kier alpha value is -2.57. The molecule has 0 aliphatic rings. The van der Waals surface area contributed by atoms with Gasteiger partial charge in [0.1, 0.15) is 5.82 Å². The number of pyridine rings is 1. The minimum Gasteiger partial charge on any atom is -0.406 e. The first-order chi connectivity index (χ1) is 9.24. The number of nitrogens with two attached hydrogens (primary N) is 1. The van der Waals surface area contributed by atoms with E-state index in [4.69, 9.17) is 10.2 Å². The Kier molecular flexibility index (Phi) is 2.79. The van der Waals surface area contributed by atoms with Crippen molar-refractivity contribution in [2.45, 2.75) is 19.5 Å². The topological polar surface area (TPSA) is 91.9 Å². The van der Waals surface area contributed by atoms with Gasteiger partial charge >= 0.3 is 5.76 Å². The van der Waals surface area contributed by atoms with E-state index in [0.29, 0.717) is 30.1 Å². The zero-order valence-electron chi connectivity index (χ0n) is 10.2. The molecular formula is C12H13N5O2. The van der Waals surface area contributed by atoms with Crippen molar-refractivity contribution < 1.29 is 4.42 Å². The largest absolute Gasteiger partial charge is 0.421 e.